The van der Waals surface area contributed by atoms with Crippen molar-refractivity contribution in [2.45, 2.75) is 56.3 Å². The monoisotopic (exact) mass is 598 g/mol. The molecule has 5 rings (SSSR count). The normalized spacial score (nSPS) is 13.8. The topological polar surface area (TPSA) is 85.8 Å². The fourth-order valence-electron chi connectivity index (χ4n) is 4.99. The SMILES string of the molecule is COC(=O)c1ccc(S(=O)(=O)N(Cc2ccc(OC(F)(F)F)cc2)c2ncc3ccccc3c2C2CC2)cc1C(C)C. The van der Waals surface area contributed by atoms with Crippen LogP contribution < -0.4 is 9.04 Å². The predicted octanol–water partition coefficient (Wildman–Crippen LogP) is 7.32. The molecular weight excluding hydrogens is 569 g/mol. The molecule has 42 heavy (non-hydrogen) atoms. The number of methoxy groups -OCH3 is 1. The third kappa shape index (κ3) is 6.06. The van der Waals surface area contributed by atoms with Crippen LogP contribution in [0.1, 0.15) is 65.6 Å². The Kier molecular flexibility index (Phi) is 7.89. The third-order valence-electron chi connectivity index (χ3n) is 7.16. The molecule has 0 bridgehead atoms. The summed E-state index contributed by atoms with van der Waals surface area (Å²) in [6.07, 6.45) is -1.47. The van der Waals surface area contributed by atoms with Gasteiger partial charge in [-0.2, -0.15) is 0 Å². The van der Waals surface area contributed by atoms with Gasteiger partial charge in [-0.05, 0) is 71.5 Å². The summed E-state index contributed by atoms with van der Waals surface area (Å²) in [5.74, 6) is -0.803. The molecule has 4 aromatic rings. The Labute approximate surface area is 241 Å². The van der Waals surface area contributed by atoms with Crippen molar-refractivity contribution in [1.29, 1.82) is 0 Å². The first-order chi connectivity index (χ1) is 19.9. The maximum absolute atomic E-state index is 14.4. The summed E-state index contributed by atoms with van der Waals surface area (Å²) in [7, 11) is -3.03. The first-order valence-electron chi connectivity index (χ1n) is 13.4. The van der Waals surface area contributed by atoms with Crippen molar-refractivity contribution in [3.63, 3.8) is 0 Å². The van der Waals surface area contributed by atoms with Crippen LogP contribution in [0.4, 0.5) is 19.0 Å². The molecule has 7 nitrogen and oxygen atoms in total. The molecule has 220 valence electrons. The summed E-state index contributed by atoms with van der Waals surface area (Å²) in [6.45, 7) is 3.49. The summed E-state index contributed by atoms with van der Waals surface area (Å²) in [6, 6.07) is 17.0. The zero-order valence-corrected chi connectivity index (χ0v) is 24.0. The van der Waals surface area contributed by atoms with E-state index in [1.807, 2.05) is 38.1 Å². The molecule has 1 aliphatic rings. The van der Waals surface area contributed by atoms with E-state index < -0.39 is 28.1 Å². The number of hydrogen-bond acceptors (Lipinski definition) is 6. The number of anilines is 1. The standard InChI is InChI=1S/C31H29F3N2O5S/c1-19(2)27-16-24(14-15-26(27)30(37)40-3)42(38,39)36(18-20-8-12-23(13-9-20)41-31(32,33)34)29-28(21-10-11-21)25-7-5-4-6-22(25)17-35-29/h4-9,12-17,19,21H,10-11,18H2,1-3H3. The number of alkyl halides is 3. The molecule has 1 aromatic heterocycles. The van der Waals surface area contributed by atoms with E-state index in [0.29, 0.717) is 11.1 Å². The van der Waals surface area contributed by atoms with Gasteiger partial charge < -0.3 is 9.47 Å². The van der Waals surface area contributed by atoms with Gasteiger partial charge in [0.15, 0.2) is 0 Å². The highest BCUT2D eigenvalue weighted by Gasteiger charge is 2.36. The van der Waals surface area contributed by atoms with E-state index in [4.69, 9.17) is 4.74 Å². The average molecular weight is 599 g/mol. The van der Waals surface area contributed by atoms with E-state index in [0.717, 1.165) is 41.3 Å². The number of nitrogens with zero attached hydrogens (tertiary/aromatic N) is 2. The van der Waals surface area contributed by atoms with Gasteiger partial charge >= 0.3 is 12.3 Å². The van der Waals surface area contributed by atoms with Crippen molar-refractivity contribution >= 4 is 32.6 Å². The average Bonchev–Trinajstić information content (AvgIpc) is 3.80. The molecule has 0 amide bonds. The quantitative estimate of drug-likeness (QED) is 0.188. The van der Waals surface area contributed by atoms with E-state index in [-0.39, 0.29) is 34.7 Å². The zero-order valence-electron chi connectivity index (χ0n) is 23.2. The molecule has 0 saturated heterocycles. The first kappa shape index (κ1) is 29.4. The van der Waals surface area contributed by atoms with Crippen LogP contribution in [-0.2, 0) is 21.3 Å². The number of aromatic nitrogens is 1. The Morgan fingerprint density at radius 1 is 1.05 bits per heavy atom. The number of esters is 1. The maximum Gasteiger partial charge on any atom is 0.573 e. The van der Waals surface area contributed by atoms with Crippen LogP contribution in [0.15, 0.2) is 77.8 Å². The molecule has 0 atom stereocenters. The second-order valence-corrected chi connectivity index (χ2v) is 12.3. The van der Waals surface area contributed by atoms with Gasteiger partial charge in [0.1, 0.15) is 11.6 Å². The smallest absolute Gasteiger partial charge is 0.465 e. The molecule has 0 aliphatic heterocycles. The Morgan fingerprint density at radius 3 is 2.36 bits per heavy atom. The molecule has 0 radical (unpaired) electrons. The molecule has 3 aromatic carbocycles. The van der Waals surface area contributed by atoms with Crippen molar-refractivity contribution in [2.75, 3.05) is 11.4 Å². The fourth-order valence-corrected chi connectivity index (χ4v) is 6.45. The van der Waals surface area contributed by atoms with Gasteiger partial charge in [-0.1, -0.05) is 50.2 Å². The minimum absolute atomic E-state index is 0.0485. The number of sulfonamides is 1. The largest absolute Gasteiger partial charge is 0.573 e. The van der Waals surface area contributed by atoms with E-state index in [2.05, 4.69) is 9.72 Å². The lowest BCUT2D eigenvalue weighted by molar-refractivity contribution is -0.274. The lowest BCUT2D eigenvalue weighted by Crippen LogP contribution is -2.32. The van der Waals surface area contributed by atoms with Gasteiger partial charge in [0.25, 0.3) is 10.0 Å². The Balaban J connectivity index is 1.66. The predicted molar refractivity (Wildman–Crippen MR) is 152 cm³/mol. The van der Waals surface area contributed by atoms with E-state index in [9.17, 15) is 26.4 Å². The molecule has 1 aliphatic carbocycles. The van der Waals surface area contributed by atoms with E-state index in [1.165, 1.54) is 41.7 Å². The summed E-state index contributed by atoms with van der Waals surface area (Å²) >= 11 is 0. The first-order valence-corrected chi connectivity index (χ1v) is 14.8. The zero-order chi connectivity index (χ0) is 30.2. The molecule has 1 heterocycles. The molecule has 11 heteroatoms. The van der Waals surface area contributed by atoms with Crippen LogP contribution in [0.25, 0.3) is 10.8 Å². The van der Waals surface area contributed by atoms with Crippen LogP contribution in [0.5, 0.6) is 5.75 Å². The number of carbonyl (C=O) groups is 1. The summed E-state index contributed by atoms with van der Waals surface area (Å²) in [5, 5.41) is 1.77. The summed E-state index contributed by atoms with van der Waals surface area (Å²) in [5.41, 5.74) is 2.01. The van der Waals surface area contributed by atoms with Crippen molar-refractivity contribution in [3.05, 3.63) is 95.2 Å². The van der Waals surface area contributed by atoms with Crippen molar-refractivity contribution < 1.29 is 35.9 Å². The molecule has 0 unspecified atom stereocenters. The number of hydrogen-bond donors (Lipinski definition) is 0. The fraction of sp³-hybridized carbons (Fsp3) is 0.290. The molecular formula is C31H29F3N2O5S. The number of halogens is 3. The van der Waals surface area contributed by atoms with Crippen LogP contribution in [0.2, 0.25) is 0 Å². The number of ether oxygens (including phenoxy) is 2. The third-order valence-corrected chi connectivity index (χ3v) is 8.89. The van der Waals surface area contributed by atoms with E-state index in [1.54, 1.807) is 6.20 Å². The minimum Gasteiger partial charge on any atom is -0.465 e. The van der Waals surface area contributed by atoms with Crippen molar-refractivity contribution in [3.8, 4) is 5.75 Å². The summed E-state index contributed by atoms with van der Waals surface area (Å²) < 4.78 is 77.1. The molecule has 1 fully saturated rings. The number of benzene rings is 3. The van der Waals surface area contributed by atoms with E-state index >= 15 is 0 Å². The molecule has 1 saturated carbocycles. The van der Waals surface area contributed by atoms with Crippen molar-refractivity contribution in [1.82, 2.24) is 4.98 Å². The van der Waals surface area contributed by atoms with Crippen LogP contribution >= 0.6 is 0 Å². The number of pyridine rings is 1. The lowest BCUT2D eigenvalue weighted by atomic mass is 9.97. The second-order valence-electron chi connectivity index (χ2n) is 10.5. The van der Waals surface area contributed by atoms with Crippen LogP contribution in [0, 0.1) is 0 Å². The second kappa shape index (κ2) is 11.3. The highest BCUT2D eigenvalue weighted by atomic mass is 32.2. The molecule has 0 N–H and O–H groups in total. The maximum atomic E-state index is 14.4. The Morgan fingerprint density at radius 2 is 1.74 bits per heavy atom. The highest BCUT2D eigenvalue weighted by molar-refractivity contribution is 7.92. The lowest BCUT2D eigenvalue weighted by Gasteiger charge is -2.27. The van der Waals surface area contributed by atoms with Crippen LogP contribution in [0.3, 0.4) is 0 Å². The highest BCUT2D eigenvalue weighted by Crippen LogP contribution is 2.48. The minimum atomic E-state index is -4.85. The van der Waals surface area contributed by atoms with Gasteiger partial charge in [-0.25, -0.2) is 22.5 Å². The number of carbonyl (C=O) groups excluding carboxylic acids is 1. The number of rotatable bonds is 9. The van der Waals surface area contributed by atoms with Gasteiger partial charge in [-0.3, -0.25) is 0 Å². The van der Waals surface area contributed by atoms with Crippen molar-refractivity contribution in [2.24, 2.45) is 0 Å². The van der Waals surface area contributed by atoms with Gasteiger partial charge in [0.05, 0.1) is 24.1 Å². The van der Waals surface area contributed by atoms with Crippen LogP contribution in [-0.4, -0.2) is 32.8 Å². The van der Waals surface area contributed by atoms with Gasteiger partial charge in [0, 0.05) is 17.1 Å². The van der Waals surface area contributed by atoms with Gasteiger partial charge in [0.2, 0.25) is 0 Å². The number of fused-ring (bicyclic) bond motifs is 1. The molecule has 0 spiro atoms. The van der Waals surface area contributed by atoms with Gasteiger partial charge in [-0.15, -0.1) is 13.2 Å². The Bertz CT molecular complexity index is 1730. The Hall–Kier alpha value is -4.12. The summed E-state index contributed by atoms with van der Waals surface area (Å²) in [4.78, 5) is 17.0.